The molecule has 5 N–H and O–H groups in total. The normalized spacial score (nSPS) is 46.2. The third-order valence-corrected chi connectivity index (χ3v) is 11.9. The number of methoxy groups -OCH3 is 2. The predicted octanol–water partition coefficient (Wildman–Crippen LogP) is 2.67. The summed E-state index contributed by atoms with van der Waals surface area (Å²) in [6.45, 7) is 17.3. The number of carbonyl (C=O) groups is 1. The highest BCUT2D eigenvalue weighted by atomic mass is 16.7. The van der Waals surface area contributed by atoms with E-state index in [1.165, 1.54) is 14.0 Å². The molecule has 0 aromatic heterocycles. The number of carbonyl (C=O) groups excluding carboxylic acids is 1. The summed E-state index contributed by atoms with van der Waals surface area (Å²) in [6.07, 6.45) is -8.58. The zero-order valence-electron chi connectivity index (χ0n) is 35.0. The van der Waals surface area contributed by atoms with Gasteiger partial charge in [-0.05, 0) is 67.2 Å². The molecule has 3 heterocycles. The highest BCUT2D eigenvalue weighted by Crippen LogP contribution is 2.40. The zero-order chi connectivity index (χ0) is 41.5. The lowest BCUT2D eigenvalue weighted by atomic mass is 9.73. The van der Waals surface area contributed by atoms with Crippen molar-refractivity contribution in [3.05, 3.63) is 0 Å². The van der Waals surface area contributed by atoms with Crippen LogP contribution in [0.3, 0.4) is 0 Å². The van der Waals surface area contributed by atoms with Crippen molar-refractivity contribution in [1.82, 2.24) is 0 Å². The van der Waals surface area contributed by atoms with Gasteiger partial charge in [0.2, 0.25) is 6.79 Å². The lowest BCUT2D eigenvalue weighted by molar-refractivity contribution is -0.314. The van der Waals surface area contributed by atoms with Crippen LogP contribution in [0.15, 0.2) is 5.16 Å². The van der Waals surface area contributed by atoms with E-state index in [2.05, 4.69) is 5.16 Å². The molecule has 3 rings (SSSR count). The smallest absolute Gasteiger partial charge is 0.311 e. The maximum atomic E-state index is 14.2. The Balaban J connectivity index is 2.18. The largest absolute Gasteiger partial charge is 0.459 e. The fourth-order valence-corrected chi connectivity index (χ4v) is 8.33. The molecular weight excluding hydrogens is 722 g/mol. The average molecular weight is 794 g/mol. The number of aliphatic hydroxyl groups excluding tert-OH is 3. The third-order valence-electron chi connectivity index (χ3n) is 11.9. The van der Waals surface area contributed by atoms with E-state index in [-0.39, 0.29) is 38.8 Å². The van der Waals surface area contributed by atoms with E-state index in [1.54, 1.807) is 55.6 Å². The molecule has 3 aliphatic heterocycles. The van der Waals surface area contributed by atoms with Crippen LogP contribution in [-0.4, -0.2) is 150 Å². The Bertz CT molecular complexity index is 1220. The molecule has 0 saturated carbocycles. The van der Waals surface area contributed by atoms with Crippen LogP contribution in [-0.2, 0) is 47.5 Å². The monoisotopic (exact) mass is 793 g/mol. The fraction of sp³-hybridized carbons (Fsp3) is 0.949. The molecule has 0 spiro atoms. The van der Waals surface area contributed by atoms with E-state index in [0.29, 0.717) is 25.2 Å². The van der Waals surface area contributed by atoms with Crippen molar-refractivity contribution in [2.24, 2.45) is 28.8 Å². The van der Waals surface area contributed by atoms with Crippen LogP contribution in [0, 0.1) is 23.7 Å². The number of ether oxygens (including phenoxy) is 8. The second kappa shape index (κ2) is 20.4. The Morgan fingerprint density at radius 2 is 1.55 bits per heavy atom. The van der Waals surface area contributed by atoms with Gasteiger partial charge in [0, 0.05) is 38.4 Å². The van der Waals surface area contributed by atoms with Gasteiger partial charge in [-0.25, -0.2) is 0 Å². The Morgan fingerprint density at radius 1 is 0.873 bits per heavy atom. The Morgan fingerprint density at radius 3 is 2.16 bits per heavy atom. The van der Waals surface area contributed by atoms with E-state index >= 15 is 0 Å². The van der Waals surface area contributed by atoms with Gasteiger partial charge >= 0.3 is 5.97 Å². The Kier molecular flexibility index (Phi) is 17.8. The molecule has 3 saturated heterocycles. The second-order valence-corrected chi connectivity index (χ2v) is 16.6. The topological polar surface area (TPSA) is 214 Å². The zero-order valence-corrected chi connectivity index (χ0v) is 35.0. The van der Waals surface area contributed by atoms with Gasteiger partial charge in [-0.1, -0.05) is 32.9 Å². The van der Waals surface area contributed by atoms with Gasteiger partial charge in [0.05, 0.1) is 66.6 Å². The molecule has 0 aromatic carbocycles. The minimum absolute atomic E-state index is 0.0139. The molecule has 16 nitrogen and oxygen atoms in total. The number of nitrogens with zero attached hydrogens (tertiary/aromatic N) is 1. The van der Waals surface area contributed by atoms with Crippen LogP contribution in [0.25, 0.3) is 0 Å². The molecule has 55 heavy (non-hydrogen) atoms. The number of cyclic esters (lactones) is 1. The quantitative estimate of drug-likeness (QED) is 0.0832. The molecule has 17 atom stereocenters. The van der Waals surface area contributed by atoms with Crippen molar-refractivity contribution in [3.63, 3.8) is 0 Å². The first-order chi connectivity index (χ1) is 25.6. The SMILES string of the molecule is CC[C@H]1OC(=O)[C@H](C)[C@@H](O[C@H]2C[C@@](C)(OC)[C@@H](O)[C@H](C)O2)[C@H](C)[C@@H](O[C@@H]2O[C@H](C)CC[C@H]2O)[C@](C)(O)C[C@@H](C)/C(=N\OCOCCOC)[C@H](C)[C@@H](O)[C@]1(C)O. The molecule has 0 aromatic rings. The van der Waals surface area contributed by atoms with Crippen LogP contribution in [0.5, 0.6) is 0 Å². The van der Waals surface area contributed by atoms with Crippen LogP contribution in [0.1, 0.15) is 101 Å². The molecule has 0 unspecified atom stereocenters. The summed E-state index contributed by atoms with van der Waals surface area (Å²) in [5.74, 6) is -4.05. The van der Waals surface area contributed by atoms with Gasteiger partial charge in [0.25, 0.3) is 0 Å². The summed E-state index contributed by atoms with van der Waals surface area (Å²) in [7, 11) is 3.04. The van der Waals surface area contributed by atoms with E-state index in [9.17, 15) is 30.3 Å². The Hall–Kier alpha value is -1.54. The van der Waals surface area contributed by atoms with Gasteiger partial charge in [-0.2, -0.15) is 0 Å². The predicted molar refractivity (Wildman–Crippen MR) is 200 cm³/mol. The standard InChI is InChI=1S/C39H71NO15/c1-13-28-39(10,46)32(42)23(4)30(40-50-20-49-17-16-47-11)21(2)18-37(8,45)34(55-36-27(41)15-14-22(3)51-36)24(5)31(25(6)35(44)53-28)54-29-19-38(9,48-12)33(43)26(7)52-29/h21-29,31-34,36,41-43,45-46H,13-20H2,1-12H3/b40-30+/t21-,22-,23+,24+,25-,26+,27-,28-,29+,31+,32-,33+,34-,36+,37-,38-,39-/m1/s1. The lowest BCUT2D eigenvalue weighted by Crippen LogP contribution is -2.60. The van der Waals surface area contributed by atoms with Crippen LogP contribution in [0.2, 0.25) is 0 Å². The maximum Gasteiger partial charge on any atom is 0.311 e. The van der Waals surface area contributed by atoms with Crippen LogP contribution >= 0.6 is 0 Å². The van der Waals surface area contributed by atoms with Crippen molar-refractivity contribution >= 4 is 11.7 Å². The molecule has 322 valence electrons. The summed E-state index contributed by atoms with van der Waals surface area (Å²) in [4.78, 5) is 19.8. The first-order valence-corrected chi connectivity index (χ1v) is 19.8. The maximum absolute atomic E-state index is 14.2. The van der Waals surface area contributed by atoms with E-state index in [0.717, 1.165) is 0 Å². The summed E-state index contributed by atoms with van der Waals surface area (Å²) >= 11 is 0. The van der Waals surface area contributed by atoms with E-state index < -0.39 is 102 Å². The first-order valence-electron chi connectivity index (χ1n) is 19.8. The minimum atomic E-state index is -1.96. The molecular formula is C39H71NO15. The van der Waals surface area contributed by atoms with Gasteiger partial charge < -0.3 is 68.3 Å². The number of hydrogen-bond donors (Lipinski definition) is 5. The number of aliphatic hydroxyl groups is 5. The van der Waals surface area contributed by atoms with Crippen molar-refractivity contribution in [3.8, 4) is 0 Å². The number of oxime groups is 1. The number of rotatable bonds is 12. The number of hydrogen-bond acceptors (Lipinski definition) is 16. The highest BCUT2D eigenvalue weighted by Gasteiger charge is 2.53. The molecule has 0 aliphatic carbocycles. The van der Waals surface area contributed by atoms with Crippen molar-refractivity contribution in [2.75, 3.05) is 34.2 Å². The second-order valence-electron chi connectivity index (χ2n) is 16.6. The molecule has 3 aliphatic rings. The van der Waals surface area contributed by atoms with E-state index in [4.69, 9.17) is 42.7 Å². The van der Waals surface area contributed by atoms with Gasteiger partial charge in [-0.15, -0.1) is 0 Å². The molecule has 3 fully saturated rings. The summed E-state index contributed by atoms with van der Waals surface area (Å²) in [5.41, 5.74) is -4.43. The summed E-state index contributed by atoms with van der Waals surface area (Å²) in [5, 5.41) is 62.6. The Labute approximate surface area is 327 Å². The van der Waals surface area contributed by atoms with Gasteiger partial charge in [-0.3, -0.25) is 4.79 Å². The van der Waals surface area contributed by atoms with Crippen molar-refractivity contribution < 1.29 is 73.1 Å². The molecule has 0 radical (unpaired) electrons. The fourth-order valence-electron chi connectivity index (χ4n) is 8.33. The van der Waals surface area contributed by atoms with Gasteiger partial charge in [0.1, 0.15) is 23.9 Å². The molecule has 0 amide bonds. The van der Waals surface area contributed by atoms with Crippen molar-refractivity contribution in [1.29, 1.82) is 0 Å². The lowest BCUT2D eigenvalue weighted by Gasteiger charge is -2.48. The van der Waals surface area contributed by atoms with Crippen LogP contribution < -0.4 is 0 Å². The third kappa shape index (κ3) is 11.8. The first kappa shape index (κ1) is 47.8. The van der Waals surface area contributed by atoms with Gasteiger partial charge in [0.15, 0.2) is 12.6 Å². The minimum Gasteiger partial charge on any atom is -0.459 e. The number of esters is 1. The van der Waals surface area contributed by atoms with Crippen LogP contribution in [0.4, 0.5) is 0 Å². The molecule has 16 heteroatoms. The summed E-state index contributed by atoms with van der Waals surface area (Å²) < 4.78 is 47.6. The van der Waals surface area contributed by atoms with E-state index in [1.807, 2.05) is 13.8 Å². The summed E-state index contributed by atoms with van der Waals surface area (Å²) in [6, 6.07) is 0. The van der Waals surface area contributed by atoms with Crippen molar-refractivity contribution in [2.45, 2.75) is 180 Å². The molecule has 0 bridgehead atoms. The average Bonchev–Trinajstić information content (AvgIpc) is 3.12. The highest BCUT2D eigenvalue weighted by molar-refractivity contribution is 5.88.